The van der Waals surface area contributed by atoms with Crippen LogP contribution in [0.25, 0.3) is 66.9 Å². The second-order valence-electron chi connectivity index (χ2n) is 30.7. The summed E-state index contributed by atoms with van der Waals surface area (Å²) in [6.45, 7) is 14.8. The molecule has 0 unspecified atom stereocenters. The molecule has 0 bridgehead atoms. The van der Waals surface area contributed by atoms with Crippen molar-refractivity contribution in [1.82, 2.24) is 73.9 Å². The minimum Gasteiger partial charge on any atom is -0.497 e. The van der Waals surface area contributed by atoms with Crippen LogP contribution in [-0.2, 0) is 25.4 Å². The fourth-order valence-electron chi connectivity index (χ4n) is 15.7. The van der Waals surface area contributed by atoms with Crippen molar-refractivity contribution >= 4 is 67.2 Å². The average Bonchev–Trinajstić information content (AvgIpc) is 1.26. The minimum atomic E-state index is -2.60. The maximum Gasteiger partial charge on any atom is 0.261 e. The van der Waals surface area contributed by atoms with Gasteiger partial charge in [-0.3, -0.25) is 33.9 Å². The van der Waals surface area contributed by atoms with Gasteiger partial charge in [0, 0.05) is 203 Å². The first-order valence-electron chi connectivity index (χ1n) is 39.8. The zero-order chi connectivity index (χ0) is 80.1. The Labute approximate surface area is 671 Å². The van der Waals surface area contributed by atoms with E-state index >= 15 is 0 Å². The molecule has 0 aliphatic carbocycles. The number of hydrogen-bond donors (Lipinski definition) is 0. The molecule has 10 heterocycles. The highest BCUT2D eigenvalue weighted by atomic mass is 19.3. The fraction of sp³-hybridized carbons (Fsp3) is 0.420. The van der Waals surface area contributed by atoms with Crippen LogP contribution in [0.4, 0.5) is 42.9 Å². The van der Waals surface area contributed by atoms with Crippen molar-refractivity contribution in [3.8, 4) is 68.3 Å². The van der Waals surface area contributed by atoms with Crippen LogP contribution in [0.15, 0.2) is 165 Å². The molecule has 4 saturated heterocycles. The maximum absolute atomic E-state index is 13.8. The molecule has 12 aromatic rings. The van der Waals surface area contributed by atoms with E-state index in [2.05, 4.69) is 130 Å². The monoisotopic (exact) mass is 1560 g/mol. The van der Waals surface area contributed by atoms with Crippen molar-refractivity contribution < 1.29 is 41.9 Å². The predicted molar refractivity (Wildman–Crippen MR) is 448 cm³/mol. The van der Waals surface area contributed by atoms with Crippen molar-refractivity contribution in [1.29, 1.82) is 0 Å². The molecule has 0 saturated carbocycles. The number of likely N-dealkylation sites (tertiary alicyclic amines) is 3. The standard InChI is InChI=1S/C32H38F2N6O3.C29H36N6O2.C27H32N6O2/c1-41-27-14-26(15-28(17-27)42-2)40(10-3-9-38-11-8-32(33,34)22-38)25-4-5-29-30(16-25)37-31(19-35-29)24-18-36-39(21-24)20-23-6-12-43-13-7-23;1-20(2)34-10-8-21(9-11-34)18-35(24-12-25(36-4)15-26(13-24)37-5)23-6-7-27-28(14-23)32-29(17-30-27)22-16-31-33(3)19-22;1-31-9-7-19(8-10-31)17-33(22-11-23(34-3)14-24(12-22)35-4)21-5-6-25-26(13-21)30-27(16-28-25)20-15-29-32(2)18-20/h4-5,14-19,21,23H,3,6-13,20,22H2,1-2H3;6-7,12-17,19-21H,8-11,18H2,1-5H3;5-6,11-16,18-19H,7-10,17H2,1-4H3. The van der Waals surface area contributed by atoms with Gasteiger partial charge in [-0.2, -0.15) is 15.3 Å². The van der Waals surface area contributed by atoms with Crippen molar-refractivity contribution in [2.24, 2.45) is 31.8 Å². The van der Waals surface area contributed by atoms with E-state index in [1.54, 1.807) is 58.2 Å². The quantitative estimate of drug-likeness (QED) is 0.0492. The molecule has 0 spiro atoms. The third-order valence-electron chi connectivity index (χ3n) is 22.4. The Morgan fingerprint density at radius 2 is 0.843 bits per heavy atom. The highest BCUT2D eigenvalue weighted by molar-refractivity contribution is 5.86. The number of fused-ring (bicyclic) bond motifs is 3. The lowest BCUT2D eigenvalue weighted by Crippen LogP contribution is -2.41. The summed E-state index contributed by atoms with van der Waals surface area (Å²) in [6.07, 6.45) is 24.2. The number of aromatic nitrogens is 12. The van der Waals surface area contributed by atoms with Gasteiger partial charge >= 0.3 is 0 Å². The number of aryl methyl sites for hydroxylation is 2. The molecule has 0 amide bonds. The number of alkyl halides is 2. The molecule has 6 aromatic heterocycles. The molecular formula is C88H106F2N18O7. The lowest BCUT2D eigenvalue weighted by molar-refractivity contribution is 0.0122. The normalized spacial score (nSPS) is 15.8. The largest absolute Gasteiger partial charge is 0.497 e. The van der Waals surface area contributed by atoms with Crippen LogP contribution in [0.3, 0.4) is 0 Å². The Morgan fingerprint density at radius 1 is 0.443 bits per heavy atom. The zero-order valence-electron chi connectivity index (χ0n) is 67.9. The lowest BCUT2D eigenvalue weighted by atomic mass is 9.95. The molecule has 6 aromatic carbocycles. The van der Waals surface area contributed by atoms with Gasteiger partial charge in [0.15, 0.2) is 0 Å². The Morgan fingerprint density at radius 3 is 1.23 bits per heavy atom. The Bertz CT molecular complexity index is 5160. The number of anilines is 6. The van der Waals surface area contributed by atoms with Gasteiger partial charge in [-0.15, -0.1) is 0 Å². The number of hydrogen-bond acceptors (Lipinski definition) is 22. The van der Waals surface area contributed by atoms with E-state index in [4.69, 9.17) is 48.1 Å². The smallest absolute Gasteiger partial charge is 0.261 e. The van der Waals surface area contributed by atoms with E-state index < -0.39 is 5.92 Å². The van der Waals surface area contributed by atoms with Crippen LogP contribution in [0.5, 0.6) is 34.5 Å². The second kappa shape index (κ2) is 37.0. The number of piperidine rings is 2. The van der Waals surface area contributed by atoms with Crippen LogP contribution in [0.1, 0.15) is 65.2 Å². The third-order valence-corrected chi connectivity index (χ3v) is 22.4. The van der Waals surface area contributed by atoms with Gasteiger partial charge in [-0.1, -0.05) is 0 Å². The zero-order valence-corrected chi connectivity index (χ0v) is 67.9. The maximum atomic E-state index is 13.8. The molecule has 0 N–H and O–H groups in total. The minimum absolute atomic E-state index is 0.0794. The first-order chi connectivity index (χ1) is 55.8. The van der Waals surface area contributed by atoms with Crippen LogP contribution in [0.2, 0.25) is 0 Å². The summed E-state index contributed by atoms with van der Waals surface area (Å²) in [5, 5.41) is 13.1. The first-order valence-corrected chi connectivity index (χ1v) is 39.8. The SMILES string of the molecule is COc1cc(OC)cc(N(CC2CCN(C(C)C)CC2)c2ccc3ncc(-c4cnn(C)c4)nc3c2)c1.COc1cc(OC)cc(N(CC2CCN(C)CC2)c2ccc3ncc(-c4cnn(C)c4)nc3c2)c1.COc1cc(OC)cc(N(CCCN2CCC(F)(F)C2)c2ccc3ncc(-c4cnn(CC5CCOCC5)c4)nc3c2)c1. The van der Waals surface area contributed by atoms with E-state index in [-0.39, 0.29) is 13.0 Å². The van der Waals surface area contributed by atoms with Crippen molar-refractivity contribution in [3.63, 3.8) is 0 Å². The van der Waals surface area contributed by atoms with E-state index in [1.807, 2.05) is 128 Å². The van der Waals surface area contributed by atoms with E-state index in [9.17, 15) is 8.78 Å². The summed E-state index contributed by atoms with van der Waals surface area (Å²) in [4.78, 5) is 42.5. The van der Waals surface area contributed by atoms with Gasteiger partial charge in [-0.25, -0.2) is 23.7 Å². The fourth-order valence-corrected chi connectivity index (χ4v) is 15.7. The van der Waals surface area contributed by atoms with E-state index in [0.29, 0.717) is 61.3 Å². The topological polar surface area (TPSA) is 215 Å². The lowest BCUT2D eigenvalue weighted by Gasteiger charge is -2.37. The summed E-state index contributed by atoms with van der Waals surface area (Å²) >= 11 is 0. The summed E-state index contributed by atoms with van der Waals surface area (Å²) < 4.78 is 72.1. The molecule has 0 atom stereocenters. The van der Waals surface area contributed by atoms with Gasteiger partial charge in [0.2, 0.25) is 0 Å². The Kier molecular flexibility index (Phi) is 25.9. The van der Waals surface area contributed by atoms with Crippen LogP contribution < -0.4 is 43.1 Å². The molecular weight excluding hydrogens is 1460 g/mol. The molecule has 4 aliphatic heterocycles. The molecule has 604 valence electrons. The molecule has 25 nitrogen and oxygen atoms in total. The molecule has 27 heteroatoms. The summed E-state index contributed by atoms with van der Waals surface area (Å²) in [5.41, 5.74) is 16.2. The first kappa shape index (κ1) is 80.5. The summed E-state index contributed by atoms with van der Waals surface area (Å²) in [5.74, 6) is 3.55. The van der Waals surface area contributed by atoms with Gasteiger partial charge in [-0.05, 0) is 164 Å². The second-order valence-corrected chi connectivity index (χ2v) is 30.7. The van der Waals surface area contributed by atoms with Crippen LogP contribution >= 0.6 is 0 Å². The van der Waals surface area contributed by atoms with Crippen molar-refractivity contribution in [2.75, 3.05) is 143 Å². The summed E-state index contributed by atoms with van der Waals surface area (Å²) in [7, 11) is 16.0. The Balaban J connectivity index is 0.000000143. The predicted octanol–water partition coefficient (Wildman–Crippen LogP) is 15.6. The number of nitrogens with zero attached hydrogens (tertiary/aromatic N) is 18. The molecule has 4 aliphatic rings. The average molecular weight is 1570 g/mol. The van der Waals surface area contributed by atoms with E-state index in [0.717, 1.165) is 196 Å². The Hall–Kier alpha value is -11.1. The van der Waals surface area contributed by atoms with Crippen molar-refractivity contribution in [2.45, 2.75) is 83.7 Å². The van der Waals surface area contributed by atoms with Gasteiger partial charge in [0.05, 0.1) is 137 Å². The van der Waals surface area contributed by atoms with Gasteiger partial charge in [0.1, 0.15) is 34.5 Å². The number of methoxy groups -OCH3 is 6. The molecule has 4 fully saturated rings. The third kappa shape index (κ3) is 20.3. The number of benzene rings is 6. The van der Waals surface area contributed by atoms with Gasteiger partial charge in [0.25, 0.3) is 5.92 Å². The van der Waals surface area contributed by atoms with E-state index in [1.165, 1.54) is 25.7 Å². The molecule has 115 heavy (non-hydrogen) atoms. The summed E-state index contributed by atoms with van der Waals surface area (Å²) in [6, 6.07) is 37.0. The highest BCUT2D eigenvalue weighted by Crippen LogP contribution is 2.41. The number of halogens is 2. The van der Waals surface area contributed by atoms with Crippen LogP contribution in [0, 0.1) is 17.8 Å². The molecule has 0 radical (unpaired) electrons. The number of rotatable bonds is 26. The number of ether oxygens (including phenoxy) is 7. The molecule has 16 rings (SSSR count). The van der Waals surface area contributed by atoms with Crippen LogP contribution in [-0.4, -0.2) is 214 Å². The van der Waals surface area contributed by atoms with Crippen molar-refractivity contribution in [3.05, 3.63) is 165 Å². The highest BCUT2D eigenvalue weighted by Gasteiger charge is 2.38. The van der Waals surface area contributed by atoms with Gasteiger partial charge < -0.3 is 57.7 Å².